The van der Waals surface area contributed by atoms with Crippen LogP contribution < -0.4 is 5.32 Å². The van der Waals surface area contributed by atoms with Crippen LogP contribution in [0.1, 0.15) is 19.3 Å². The van der Waals surface area contributed by atoms with Crippen LogP contribution in [0.25, 0.3) is 0 Å². The lowest BCUT2D eigenvalue weighted by Crippen LogP contribution is -2.40. The standard InChI is InChI=1S/C11H19N5/c1-2-11-10(3-7-15(11)6-1)12-4-8-16-9-5-13-14-16/h5,9-12H,1-4,6-8H2. The molecule has 0 amide bonds. The predicted molar refractivity (Wildman–Crippen MR) is 61.0 cm³/mol. The van der Waals surface area contributed by atoms with Crippen molar-refractivity contribution < 1.29 is 0 Å². The third kappa shape index (κ3) is 1.97. The largest absolute Gasteiger partial charge is 0.311 e. The zero-order valence-corrected chi connectivity index (χ0v) is 9.55. The SMILES string of the molecule is c1cn(CCNC2CCN3CCCC23)nn1. The maximum atomic E-state index is 3.96. The van der Waals surface area contributed by atoms with E-state index in [1.54, 1.807) is 6.20 Å². The second kappa shape index (κ2) is 4.51. The van der Waals surface area contributed by atoms with E-state index in [9.17, 15) is 0 Å². The lowest BCUT2D eigenvalue weighted by Gasteiger charge is -2.21. The molecule has 1 aromatic heterocycles. The molecule has 0 spiro atoms. The lowest BCUT2D eigenvalue weighted by atomic mass is 10.1. The van der Waals surface area contributed by atoms with Crippen molar-refractivity contribution in [2.45, 2.75) is 37.9 Å². The summed E-state index contributed by atoms with van der Waals surface area (Å²) in [4.78, 5) is 2.63. The molecule has 2 saturated heterocycles. The average Bonchev–Trinajstić information content (AvgIpc) is 2.95. The number of aromatic nitrogens is 3. The minimum atomic E-state index is 0.700. The minimum Gasteiger partial charge on any atom is -0.311 e. The summed E-state index contributed by atoms with van der Waals surface area (Å²) in [5.74, 6) is 0. The van der Waals surface area contributed by atoms with Gasteiger partial charge in [-0.3, -0.25) is 9.58 Å². The maximum absolute atomic E-state index is 3.96. The molecule has 5 heteroatoms. The van der Waals surface area contributed by atoms with E-state index in [1.165, 1.54) is 32.4 Å². The molecule has 2 fully saturated rings. The molecule has 16 heavy (non-hydrogen) atoms. The fraction of sp³-hybridized carbons (Fsp3) is 0.818. The highest BCUT2D eigenvalue weighted by molar-refractivity contribution is 4.95. The Morgan fingerprint density at radius 1 is 1.31 bits per heavy atom. The van der Waals surface area contributed by atoms with Crippen molar-refractivity contribution in [3.8, 4) is 0 Å². The summed E-state index contributed by atoms with van der Waals surface area (Å²) in [5, 5.41) is 11.4. The van der Waals surface area contributed by atoms with Crippen molar-refractivity contribution in [3.63, 3.8) is 0 Å². The van der Waals surface area contributed by atoms with Gasteiger partial charge in [0.25, 0.3) is 0 Å². The van der Waals surface area contributed by atoms with Crippen LogP contribution in [0.2, 0.25) is 0 Å². The molecular weight excluding hydrogens is 202 g/mol. The first-order valence-electron chi connectivity index (χ1n) is 6.25. The van der Waals surface area contributed by atoms with Gasteiger partial charge in [-0.15, -0.1) is 5.10 Å². The van der Waals surface area contributed by atoms with E-state index < -0.39 is 0 Å². The van der Waals surface area contributed by atoms with Gasteiger partial charge in [0.1, 0.15) is 0 Å². The quantitative estimate of drug-likeness (QED) is 0.783. The van der Waals surface area contributed by atoms with Crippen molar-refractivity contribution in [3.05, 3.63) is 12.4 Å². The molecule has 3 heterocycles. The van der Waals surface area contributed by atoms with Crippen molar-refractivity contribution in [1.29, 1.82) is 0 Å². The van der Waals surface area contributed by atoms with Gasteiger partial charge in [0, 0.05) is 31.4 Å². The highest BCUT2D eigenvalue weighted by Gasteiger charge is 2.36. The molecule has 0 saturated carbocycles. The Morgan fingerprint density at radius 3 is 3.19 bits per heavy atom. The number of hydrogen-bond donors (Lipinski definition) is 1. The molecule has 0 aliphatic carbocycles. The fourth-order valence-electron chi connectivity index (χ4n) is 3.04. The summed E-state index contributed by atoms with van der Waals surface area (Å²) in [6, 6.07) is 1.50. The second-order valence-electron chi connectivity index (χ2n) is 4.76. The molecule has 2 atom stereocenters. The van der Waals surface area contributed by atoms with Gasteiger partial charge in [-0.2, -0.15) is 0 Å². The van der Waals surface area contributed by atoms with E-state index in [2.05, 4.69) is 20.5 Å². The van der Waals surface area contributed by atoms with Crippen molar-refractivity contribution in [2.75, 3.05) is 19.6 Å². The fourth-order valence-corrected chi connectivity index (χ4v) is 3.04. The molecule has 1 aromatic rings. The number of rotatable bonds is 4. The zero-order chi connectivity index (χ0) is 10.8. The Balaban J connectivity index is 1.45. The Hall–Kier alpha value is -0.940. The molecule has 1 N–H and O–H groups in total. The first-order chi connectivity index (χ1) is 7.93. The minimum absolute atomic E-state index is 0.700. The summed E-state index contributed by atoms with van der Waals surface area (Å²) >= 11 is 0. The molecule has 88 valence electrons. The number of hydrogen-bond acceptors (Lipinski definition) is 4. The summed E-state index contributed by atoms with van der Waals surface area (Å²) < 4.78 is 1.88. The van der Waals surface area contributed by atoms with Crippen LogP contribution >= 0.6 is 0 Å². The maximum Gasteiger partial charge on any atom is 0.0692 e. The van der Waals surface area contributed by atoms with Crippen LogP contribution in [0, 0.1) is 0 Å². The van der Waals surface area contributed by atoms with E-state index in [4.69, 9.17) is 0 Å². The molecular formula is C11H19N5. The van der Waals surface area contributed by atoms with Gasteiger partial charge < -0.3 is 5.32 Å². The Morgan fingerprint density at radius 2 is 2.31 bits per heavy atom. The monoisotopic (exact) mass is 221 g/mol. The highest BCUT2D eigenvalue weighted by atomic mass is 15.4. The molecule has 0 bridgehead atoms. The van der Waals surface area contributed by atoms with Gasteiger partial charge in [0.2, 0.25) is 0 Å². The van der Waals surface area contributed by atoms with Gasteiger partial charge in [-0.05, 0) is 25.8 Å². The van der Waals surface area contributed by atoms with Crippen LogP contribution in [0.4, 0.5) is 0 Å². The first kappa shape index (κ1) is 10.2. The van der Waals surface area contributed by atoms with Crippen LogP contribution in [-0.4, -0.2) is 51.6 Å². The Bertz CT molecular complexity index is 323. The topological polar surface area (TPSA) is 46.0 Å². The summed E-state index contributed by atoms with van der Waals surface area (Å²) in [6.07, 6.45) is 7.71. The molecule has 2 unspecified atom stereocenters. The van der Waals surface area contributed by atoms with Gasteiger partial charge >= 0.3 is 0 Å². The smallest absolute Gasteiger partial charge is 0.0692 e. The van der Waals surface area contributed by atoms with Crippen molar-refractivity contribution >= 4 is 0 Å². The third-order valence-corrected chi connectivity index (χ3v) is 3.83. The highest BCUT2D eigenvalue weighted by Crippen LogP contribution is 2.27. The van der Waals surface area contributed by atoms with Gasteiger partial charge in [-0.1, -0.05) is 5.21 Å². The molecule has 2 aliphatic rings. The zero-order valence-electron chi connectivity index (χ0n) is 9.55. The van der Waals surface area contributed by atoms with E-state index >= 15 is 0 Å². The van der Waals surface area contributed by atoms with Gasteiger partial charge in [-0.25, -0.2) is 0 Å². The third-order valence-electron chi connectivity index (χ3n) is 3.83. The lowest BCUT2D eigenvalue weighted by molar-refractivity contribution is 0.297. The van der Waals surface area contributed by atoms with E-state index in [-0.39, 0.29) is 0 Å². The van der Waals surface area contributed by atoms with Crippen LogP contribution in [0.5, 0.6) is 0 Å². The average molecular weight is 221 g/mol. The number of nitrogens with one attached hydrogen (secondary N) is 1. The predicted octanol–water partition coefficient (Wildman–Crippen LogP) is 0.104. The Labute approximate surface area is 95.8 Å². The van der Waals surface area contributed by atoms with Crippen molar-refractivity contribution in [2.24, 2.45) is 0 Å². The number of nitrogens with zero attached hydrogens (tertiary/aromatic N) is 4. The van der Waals surface area contributed by atoms with Crippen LogP contribution in [0.15, 0.2) is 12.4 Å². The van der Waals surface area contributed by atoms with E-state index in [1.807, 2.05) is 10.9 Å². The molecule has 0 radical (unpaired) electrons. The van der Waals surface area contributed by atoms with Gasteiger partial charge in [0.15, 0.2) is 0 Å². The first-order valence-corrected chi connectivity index (χ1v) is 6.25. The van der Waals surface area contributed by atoms with Crippen LogP contribution in [-0.2, 0) is 6.54 Å². The summed E-state index contributed by atoms with van der Waals surface area (Å²) in [5.41, 5.74) is 0. The van der Waals surface area contributed by atoms with Gasteiger partial charge in [0.05, 0.1) is 12.7 Å². The second-order valence-corrected chi connectivity index (χ2v) is 4.76. The molecule has 5 nitrogen and oxygen atoms in total. The number of fused-ring (bicyclic) bond motifs is 1. The molecule has 0 aromatic carbocycles. The van der Waals surface area contributed by atoms with Crippen molar-refractivity contribution in [1.82, 2.24) is 25.2 Å². The summed E-state index contributed by atoms with van der Waals surface area (Å²) in [6.45, 7) is 4.51. The molecule has 2 aliphatic heterocycles. The van der Waals surface area contributed by atoms with E-state index in [0.717, 1.165) is 19.1 Å². The normalized spacial score (nSPS) is 29.8. The van der Waals surface area contributed by atoms with E-state index in [0.29, 0.717) is 6.04 Å². The van der Waals surface area contributed by atoms with Crippen LogP contribution in [0.3, 0.4) is 0 Å². The molecule has 3 rings (SSSR count). The Kier molecular flexibility index (Phi) is 2.88. The summed E-state index contributed by atoms with van der Waals surface area (Å²) in [7, 11) is 0.